The Bertz CT molecular complexity index is 1060. The minimum atomic E-state index is -3.92. The van der Waals surface area contributed by atoms with Gasteiger partial charge >= 0.3 is 6.01 Å². The predicted octanol–water partition coefficient (Wildman–Crippen LogP) is 3.10. The summed E-state index contributed by atoms with van der Waals surface area (Å²) >= 11 is 0. The summed E-state index contributed by atoms with van der Waals surface area (Å²) in [4.78, 5) is 8.11. The summed E-state index contributed by atoms with van der Waals surface area (Å²) in [5.74, 6) is -0.287. The van der Waals surface area contributed by atoms with Gasteiger partial charge in [-0.25, -0.2) is 17.8 Å². The summed E-state index contributed by atoms with van der Waals surface area (Å²) in [5.41, 5.74) is 1.30. The van der Waals surface area contributed by atoms with Crippen LogP contribution in [0, 0.1) is 5.82 Å². The van der Waals surface area contributed by atoms with Gasteiger partial charge in [-0.15, -0.1) is 0 Å². The van der Waals surface area contributed by atoms with E-state index in [0.717, 1.165) is 12.1 Å². The molecule has 140 valence electrons. The Morgan fingerprint density at radius 3 is 2.33 bits per heavy atom. The molecule has 3 rings (SSSR count). The second-order valence-electron chi connectivity index (χ2n) is 5.38. The normalized spacial score (nSPS) is 11.1. The molecule has 0 radical (unpaired) electrons. The largest absolute Gasteiger partial charge is 0.480 e. The standard InChI is InChI=1S/C18H16FN3O4S/c1-25-17-15(11-20-18(21-17)26-2)14-5-3-4-6-16(14)22-27(23,24)13-9-7-12(19)8-10-13/h3-11,22H,1-2H3. The van der Waals surface area contributed by atoms with Crippen LogP contribution in [0.3, 0.4) is 0 Å². The van der Waals surface area contributed by atoms with Crippen LogP contribution >= 0.6 is 0 Å². The maximum absolute atomic E-state index is 13.1. The number of halogens is 1. The lowest BCUT2D eigenvalue weighted by Crippen LogP contribution is -2.13. The van der Waals surface area contributed by atoms with Gasteiger partial charge in [0.25, 0.3) is 10.0 Å². The first-order valence-electron chi connectivity index (χ1n) is 7.77. The first kappa shape index (κ1) is 18.6. The Balaban J connectivity index is 2.04. The van der Waals surface area contributed by atoms with Crippen LogP contribution in [0.4, 0.5) is 10.1 Å². The lowest BCUT2D eigenvalue weighted by Gasteiger charge is -2.14. The first-order valence-corrected chi connectivity index (χ1v) is 9.25. The summed E-state index contributed by atoms with van der Waals surface area (Å²) < 4.78 is 51.1. The molecular weight excluding hydrogens is 373 g/mol. The predicted molar refractivity (Wildman–Crippen MR) is 97.8 cm³/mol. The zero-order valence-electron chi connectivity index (χ0n) is 14.5. The van der Waals surface area contributed by atoms with Crippen molar-refractivity contribution in [2.45, 2.75) is 4.90 Å². The fourth-order valence-corrected chi connectivity index (χ4v) is 3.49. The highest BCUT2D eigenvalue weighted by Crippen LogP contribution is 2.35. The minimum absolute atomic E-state index is 0.0587. The summed E-state index contributed by atoms with van der Waals surface area (Å²) in [5, 5.41) is 0. The van der Waals surface area contributed by atoms with Crippen LogP contribution in [-0.4, -0.2) is 32.6 Å². The highest BCUT2D eigenvalue weighted by molar-refractivity contribution is 7.92. The van der Waals surface area contributed by atoms with Crippen molar-refractivity contribution in [2.24, 2.45) is 0 Å². The number of aromatic nitrogens is 2. The van der Waals surface area contributed by atoms with E-state index in [1.54, 1.807) is 24.3 Å². The SMILES string of the molecule is COc1ncc(-c2ccccc2NS(=O)(=O)c2ccc(F)cc2)c(OC)n1. The second kappa shape index (κ2) is 7.58. The quantitative estimate of drug-likeness (QED) is 0.697. The fourth-order valence-electron chi connectivity index (χ4n) is 2.41. The van der Waals surface area contributed by atoms with E-state index in [-0.39, 0.29) is 16.8 Å². The molecule has 0 atom stereocenters. The number of hydrogen-bond donors (Lipinski definition) is 1. The Morgan fingerprint density at radius 1 is 0.963 bits per heavy atom. The topological polar surface area (TPSA) is 90.4 Å². The molecule has 1 heterocycles. The molecule has 0 unspecified atom stereocenters. The molecule has 0 aliphatic carbocycles. The third kappa shape index (κ3) is 3.98. The summed E-state index contributed by atoms with van der Waals surface area (Å²) in [7, 11) is -1.05. The number of ether oxygens (including phenoxy) is 2. The van der Waals surface area contributed by atoms with Crippen LogP contribution in [0.1, 0.15) is 0 Å². The van der Waals surface area contributed by atoms with E-state index >= 15 is 0 Å². The number of anilines is 1. The molecule has 2 aromatic carbocycles. The summed E-state index contributed by atoms with van der Waals surface area (Å²) in [6.45, 7) is 0. The van der Waals surface area contributed by atoms with Gasteiger partial charge in [0.2, 0.25) is 5.88 Å². The van der Waals surface area contributed by atoms with Crippen LogP contribution in [-0.2, 0) is 10.0 Å². The monoisotopic (exact) mass is 389 g/mol. The van der Waals surface area contributed by atoms with Gasteiger partial charge in [0.1, 0.15) is 5.82 Å². The maximum Gasteiger partial charge on any atom is 0.319 e. The van der Waals surface area contributed by atoms with Crippen LogP contribution in [0.15, 0.2) is 59.6 Å². The molecule has 27 heavy (non-hydrogen) atoms. The van der Waals surface area contributed by atoms with Crippen molar-refractivity contribution in [3.8, 4) is 23.0 Å². The molecule has 0 saturated heterocycles. The molecule has 0 aliphatic rings. The first-order chi connectivity index (χ1) is 12.9. The van der Waals surface area contributed by atoms with E-state index in [1.165, 1.54) is 32.5 Å². The number of nitrogens with zero attached hydrogens (tertiary/aromatic N) is 2. The van der Waals surface area contributed by atoms with Gasteiger partial charge < -0.3 is 9.47 Å². The Kier molecular flexibility index (Phi) is 5.22. The van der Waals surface area contributed by atoms with E-state index < -0.39 is 15.8 Å². The third-order valence-corrected chi connectivity index (χ3v) is 5.07. The van der Waals surface area contributed by atoms with Gasteiger partial charge in [-0.3, -0.25) is 4.72 Å². The molecule has 1 aromatic heterocycles. The van der Waals surface area contributed by atoms with Crippen molar-refractivity contribution < 1.29 is 22.3 Å². The van der Waals surface area contributed by atoms with E-state index in [4.69, 9.17) is 9.47 Å². The molecule has 7 nitrogen and oxygen atoms in total. The number of nitrogens with one attached hydrogen (secondary N) is 1. The average molecular weight is 389 g/mol. The van der Waals surface area contributed by atoms with Crippen molar-refractivity contribution in [3.63, 3.8) is 0 Å². The molecule has 3 aromatic rings. The Morgan fingerprint density at radius 2 is 1.67 bits per heavy atom. The Hall–Kier alpha value is -3.20. The summed E-state index contributed by atoms with van der Waals surface area (Å²) in [6.07, 6.45) is 1.48. The average Bonchev–Trinajstić information content (AvgIpc) is 2.68. The molecule has 0 amide bonds. The molecule has 0 bridgehead atoms. The number of hydrogen-bond acceptors (Lipinski definition) is 6. The van der Waals surface area contributed by atoms with Crippen molar-refractivity contribution in [3.05, 3.63) is 60.5 Å². The van der Waals surface area contributed by atoms with Crippen molar-refractivity contribution in [1.29, 1.82) is 0 Å². The molecule has 0 spiro atoms. The van der Waals surface area contributed by atoms with Crippen molar-refractivity contribution in [1.82, 2.24) is 9.97 Å². The molecule has 0 aliphatic heterocycles. The highest BCUT2D eigenvalue weighted by Gasteiger charge is 2.19. The lowest BCUT2D eigenvalue weighted by atomic mass is 10.1. The van der Waals surface area contributed by atoms with Crippen LogP contribution in [0.2, 0.25) is 0 Å². The zero-order valence-corrected chi connectivity index (χ0v) is 15.3. The molecule has 9 heteroatoms. The number of benzene rings is 2. The van der Waals surface area contributed by atoms with Gasteiger partial charge in [-0.2, -0.15) is 4.98 Å². The lowest BCUT2D eigenvalue weighted by molar-refractivity contribution is 0.353. The zero-order chi connectivity index (χ0) is 19.4. The van der Waals surface area contributed by atoms with E-state index in [1.807, 2.05) is 0 Å². The second-order valence-corrected chi connectivity index (χ2v) is 7.07. The summed E-state index contributed by atoms with van der Waals surface area (Å²) in [6, 6.07) is 11.4. The molecular formula is C18H16FN3O4S. The molecule has 0 fully saturated rings. The molecule has 1 N–H and O–H groups in total. The van der Waals surface area contributed by atoms with Gasteiger partial charge in [0.15, 0.2) is 0 Å². The number of rotatable bonds is 6. The van der Waals surface area contributed by atoms with Gasteiger partial charge in [-0.1, -0.05) is 18.2 Å². The third-order valence-electron chi connectivity index (χ3n) is 3.69. The Labute approximate surface area is 155 Å². The van der Waals surface area contributed by atoms with Gasteiger partial charge in [0, 0.05) is 11.8 Å². The van der Waals surface area contributed by atoms with E-state index in [9.17, 15) is 12.8 Å². The van der Waals surface area contributed by atoms with Crippen molar-refractivity contribution in [2.75, 3.05) is 18.9 Å². The fraction of sp³-hybridized carbons (Fsp3) is 0.111. The van der Waals surface area contributed by atoms with E-state index in [0.29, 0.717) is 16.8 Å². The minimum Gasteiger partial charge on any atom is -0.480 e. The number of methoxy groups -OCH3 is 2. The smallest absolute Gasteiger partial charge is 0.319 e. The highest BCUT2D eigenvalue weighted by atomic mass is 32.2. The van der Waals surface area contributed by atoms with E-state index in [2.05, 4.69) is 14.7 Å². The van der Waals surface area contributed by atoms with Gasteiger partial charge in [0.05, 0.1) is 30.4 Å². The maximum atomic E-state index is 13.1. The number of sulfonamides is 1. The molecule has 0 saturated carbocycles. The van der Waals surface area contributed by atoms with Crippen molar-refractivity contribution >= 4 is 15.7 Å². The number of para-hydroxylation sites is 1. The van der Waals surface area contributed by atoms with Crippen LogP contribution in [0.5, 0.6) is 11.9 Å². The van der Waals surface area contributed by atoms with Crippen LogP contribution < -0.4 is 14.2 Å². The van der Waals surface area contributed by atoms with Gasteiger partial charge in [-0.05, 0) is 30.3 Å². The van der Waals surface area contributed by atoms with Crippen LogP contribution in [0.25, 0.3) is 11.1 Å².